The van der Waals surface area contributed by atoms with Crippen molar-refractivity contribution in [1.29, 1.82) is 0 Å². The summed E-state index contributed by atoms with van der Waals surface area (Å²) in [5, 5.41) is 8.50. The van der Waals surface area contributed by atoms with Gasteiger partial charge in [0.1, 0.15) is 0 Å². The van der Waals surface area contributed by atoms with E-state index in [0.717, 1.165) is 17.5 Å². The molecule has 4 rings (SSSR count). The predicted molar refractivity (Wildman–Crippen MR) is 105 cm³/mol. The van der Waals surface area contributed by atoms with Crippen molar-refractivity contribution in [2.24, 2.45) is 0 Å². The minimum Gasteiger partial charge on any atom is -0.493 e. The second-order valence-corrected chi connectivity index (χ2v) is 6.79. The van der Waals surface area contributed by atoms with Crippen molar-refractivity contribution in [1.82, 2.24) is 14.8 Å². The molecule has 7 nitrogen and oxygen atoms in total. The van der Waals surface area contributed by atoms with E-state index in [2.05, 4.69) is 15.4 Å². The highest BCUT2D eigenvalue weighted by atomic mass is 35.5. The van der Waals surface area contributed by atoms with E-state index in [4.69, 9.17) is 26.8 Å². The van der Waals surface area contributed by atoms with E-state index in [-0.39, 0.29) is 18.0 Å². The normalized spacial score (nSPS) is 18.5. The van der Waals surface area contributed by atoms with Crippen LogP contribution >= 0.6 is 11.6 Å². The van der Waals surface area contributed by atoms with Gasteiger partial charge in [-0.05, 0) is 41.8 Å². The molecule has 3 N–H and O–H groups in total. The number of nitrogens with zero attached hydrogens (tertiary/aromatic N) is 3. The Morgan fingerprint density at radius 1 is 1.07 bits per heavy atom. The molecular formula is C19H20ClN5O2. The first kappa shape index (κ1) is 17.5. The predicted octanol–water partition coefficient (Wildman–Crippen LogP) is 3.68. The maximum atomic E-state index is 6.03. The van der Waals surface area contributed by atoms with Crippen LogP contribution in [-0.2, 0) is 0 Å². The second-order valence-electron chi connectivity index (χ2n) is 6.35. The van der Waals surface area contributed by atoms with Gasteiger partial charge in [0.25, 0.3) is 0 Å². The van der Waals surface area contributed by atoms with E-state index < -0.39 is 0 Å². The van der Waals surface area contributed by atoms with Crippen LogP contribution in [0.15, 0.2) is 42.5 Å². The van der Waals surface area contributed by atoms with Crippen molar-refractivity contribution < 1.29 is 9.47 Å². The second kappa shape index (κ2) is 7.00. The summed E-state index contributed by atoms with van der Waals surface area (Å²) in [6, 6.07) is 13.7. The van der Waals surface area contributed by atoms with Crippen molar-refractivity contribution in [3.05, 3.63) is 58.6 Å². The lowest BCUT2D eigenvalue weighted by Gasteiger charge is -2.32. The summed E-state index contributed by atoms with van der Waals surface area (Å²) in [6.45, 7) is 0. The van der Waals surface area contributed by atoms with Gasteiger partial charge in [-0.15, -0.1) is 5.10 Å². The van der Waals surface area contributed by atoms with Gasteiger partial charge in [0.15, 0.2) is 11.5 Å². The van der Waals surface area contributed by atoms with Gasteiger partial charge in [-0.25, -0.2) is 4.68 Å². The van der Waals surface area contributed by atoms with Gasteiger partial charge >= 0.3 is 0 Å². The van der Waals surface area contributed by atoms with Gasteiger partial charge in [-0.3, -0.25) is 0 Å². The van der Waals surface area contributed by atoms with Gasteiger partial charge in [-0.1, -0.05) is 29.8 Å². The van der Waals surface area contributed by atoms with Crippen LogP contribution in [0, 0.1) is 0 Å². The first-order valence-electron chi connectivity index (χ1n) is 8.55. The van der Waals surface area contributed by atoms with E-state index in [1.807, 2.05) is 47.1 Å². The van der Waals surface area contributed by atoms with E-state index in [1.165, 1.54) is 0 Å². The Labute approximate surface area is 162 Å². The Morgan fingerprint density at radius 2 is 1.78 bits per heavy atom. The Balaban J connectivity index is 1.75. The van der Waals surface area contributed by atoms with Gasteiger partial charge in [0.05, 0.1) is 26.3 Å². The average molecular weight is 386 g/mol. The Bertz CT molecular complexity index is 957. The topological polar surface area (TPSA) is 87.2 Å². The number of fused-ring (bicyclic) bond motifs is 1. The molecule has 0 saturated heterocycles. The molecule has 0 saturated carbocycles. The molecule has 0 radical (unpaired) electrons. The van der Waals surface area contributed by atoms with Crippen LogP contribution in [0.2, 0.25) is 5.02 Å². The number of halogens is 1. The number of rotatable bonds is 4. The number of hydrogen-bond acceptors (Lipinski definition) is 6. The SMILES string of the molecule is COc1ccc([C@@H]2C[C@@H](c3ccc(Cl)cc3)Nc3nc(N)nn32)cc1OC. The van der Waals surface area contributed by atoms with Crippen LogP contribution in [0.5, 0.6) is 11.5 Å². The van der Waals surface area contributed by atoms with E-state index in [0.29, 0.717) is 22.5 Å². The number of ether oxygens (including phenoxy) is 2. The number of hydrogen-bond donors (Lipinski definition) is 2. The van der Waals surface area contributed by atoms with Gasteiger partial charge in [0, 0.05) is 5.02 Å². The molecule has 140 valence electrons. The molecule has 1 aliphatic rings. The lowest BCUT2D eigenvalue weighted by molar-refractivity contribution is 0.352. The van der Waals surface area contributed by atoms with Gasteiger partial charge < -0.3 is 20.5 Å². The Morgan fingerprint density at radius 3 is 2.48 bits per heavy atom. The first-order valence-corrected chi connectivity index (χ1v) is 8.92. The van der Waals surface area contributed by atoms with Gasteiger partial charge in [-0.2, -0.15) is 4.98 Å². The Kier molecular flexibility index (Phi) is 4.53. The number of aromatic nitrogens is 3. The molecule has 27 heavy (non-hydrogen) atoms. The van der Waals surface area contributed by atoms with Crippen molar-refractivity contribution in [2.75, 3.05) is 25.3 Å². The molecule has 0 aliphatic carbocycles. The summed E-state index contributed by atoms with van der Waals surface area (Å²) in [4.78, 5) is 4.33. The zero-order valence-corrected chi connectivity index (χ0v) is 15.8. The summed E-state index contributed by atoms with van der Waals surface area (Å²) in [5.74, 6) is 2.23. The third-order valence-electron chi connectivity index (χ3n) is 4.77. The minimum absolute atomic E-state index is 0.0495. The quantitative estimate of drug-likeness (QED) is 0.712. The fourth-order valence-electron chi connectivity index (χ4n) is 3.45. The molecule has 2 atom stereocenters. The molecule has 0 spiro atoms. The maximum absolute atomic E-state index is 6.03. The number of benzene rings is 2. The zero-order chi connectivity index (χ0) is 19.0. The summed E-state index contributed by atoms with van der Waals surface area (Å²) >= 11 is 6.03. The fraction of sp³-hybridized carbons (Fsp3) is 0.263. The largest absolute Gasteiger partial charge is 0.493 e. The Hall–Kier alpha value is -2.93. The molecule has 3 aromatic rings. The van der Waals surface area contributed by atoms with Crippen molar-refractivity contribution in [2.45, 2.75) is 18.5 Å². The highest BCUT2D eigenvalue weighted by Gasteiger charge is 2.31. The molecule has 2 heterocycles. The lowest BCUT2D eigenvalue weighted by Crippen LogP contribution is -2.28. The van der Waals surface area contributed by atoms with Crippen LogP contribution in [0.25, 0.3) is 0 Å². The van der Waals surface area contributed by atoms with E-state index in [1.54, 1.807) is 14.2 Å². The fourth-order valence-corrected chi connectivity index (χ4v) is 3.57. The summed E-state index contributed by atoms with van der Waals surface area (Å²) < 4.78 is 12.6. The van der Waals surface area contributed by atoms with Crippen LogP contribution in [0.1, 0.15) is 29.6 Å². The molecule has 0 amide bonds. The van der Waals surface area contributed by atoms with Crippen molar-refractivity contribution >= 4 is 23.5 Å². The monoisotopic (exact) mass is 385 g/mol. The standard InChI is InChI=1S/C19H20ClN5O2/c1-26-16-8-5-12(9-17(16)27-2)15-10-14(11-3-6-13(20)7-4-11)22-19-23-18(21)24-25(15)19/h3-9,14-15H,10H2,1-2H3,(H3,21,22,23,24)/t14-,15-/m0/s1. The van der Waals surface area contributed by atoms with Gasteiger partial charge in [0.2, 0.25) is 11.9 Å². The smallest absolute Gasteiger partial charge is 0.241 e. The number of nitrogen functional groups attached to an aromatic ring is 1. The third kappa shape index (κ3) is 3.26. The van der Waals surface area contributed by atoms with Crippen LogP contribution in [0.3, 0.4) is 0 Å². The molecule has 0 unspecified atom stereocenters. The number of anilines is 2. The zero-order valence-electron chi connectivity index (χ0n) is 15.0. The first-order chi connectivity index (χ1) is 13.1. The molecular weight excluding hydrogens is 366 g/mol. The molecule has 1 aliphatic heterocycles. The highest BCUT2D eigenvalue weighted by molar-refractivity contribution is 6.30. The molecule has 8 heteroatoms. The van der Waals surface area contributed by atoms with Crippen LogP contribution < -0.4 is 20.5 Å². The summed E-state index contributed by atoms with van der Waals surface area (Å²) in [5.41, 5.74) is 8.02. The van der Waals surface area contributed by atoms with Crippen molar-refractivity contribution in [3.8, 4) is 11.5 Å². The third-order valence-corrected chi connectivity index (χ3v) is 5.02. The average Bonchev–Trinajstić information content (AvgIpc) is 3.07. The number of nitrogens with one attached hydrogen (secondary N) is 1. The minimum atomic E-state index is -0.0495. The lowest BCUT2D eigenvalue weighted by atomic mass is 9.93. The molecule has 2 aromatic carbocycles. The molecule has 0 fully saturated rings. The maximum Gasteiger partial charge on any atom is 0.241 e. The van der Waals surface area contributed by atoms with E-state index >= 15 is 0 Å². The highest BCUT2D eigenvalue weighted by Crippen LogP contribution is 2.40. The van der Waals surface area contributed by atoms with Crippen LogP contribution in [-0.4, -0.2) is 29.0 Å². The summed E-state index contributed by atoms with van der Waals surface area (Å²) in [7, 11) is 3.24. The van der Waals surface area contributed by atoms with Crippen molar-refractivity contribution in [3.63, 3.8) is 0 Å². The van der Waals surface area contributed by atoms with E-state index in [9.17, 15) is 0 Å². The molecule has 1 aromatic heterocycles. The molecule has 0 bridgehead atoms. The number of methoxy groups -OCH3 is 2. The summed E-state index contributed by atoms with van der Waals surface area (Å²) in [6.07, 6.45) is 0.771. The number of nitrogens with two attached hydrogens (primary N) is 1. The van der Waals surface area contributed by atoms with Crippen LogP contribution in [0.4, 0.5) is 11.9 Å².